The predicted molar refractivity (Wildman–Crippen MR) is 121 cm³/mol. The van der Waals surface area contributed by atoms with Crippen molar-refractivity contribution in [3.8, 4) is 0 Å². The molecule has 1 saturated heterocycles. The van der Waals surface area contributed by atoms with Gasteiger partial charge in [-0.25, -0.2) is 13.4 Å². The minimum absolute atomic E-state index is 0.264. The molecule has 0 bridgehead atoms. The molecule has 1 aromatic heterocycles. The second-order valence-electron chi connectivity index (χ2n) is 7.22. The zero-order chi connectivity index (χ0) is 21.0. The first-order valence-electron chi connectivity index (χ1n) is 10.2. The van der Waals surface area contributed by atoms with Crippen LogP contribution in [0.1, 0.15) is 6.92 Å². The predicted octanol–water partition coefficient (Wildman–Crippen LogP) is 3.04. The summed E-state index contributed by atoms with van der Waals surface area (Å²) >= 11 is 0. The van der Waals surface area contributed by atoms with Crippen LogP contribution in [0.2, 0.25) is 0 Å². The van der Waals surface area contributed by atoms with Crippen LogP contribution in [-0.2, 0) is 10.0 Å². The molecule has 1 fully saturated rings. The molecule has 0 spiro atoms. The van der Waals surface area contributed by atoms with Crippen LogP contribution in [0, 0.1) is 0 Å². The van der Waals surface area contributed by atoms with Gasteiger partial charge >= 0.3 is 0 Å². The topological polar surface area (TPSA) is 58.0 Å². The van der Waals surface area contributed by atoms with E-state index in [9.17, 15) is 8.42 Å². The average Bonchev–Trinajstić information content (AvgIpc) is 2.81. The number of piperazine rings is 1. The Morgan fingerprint density at radius 1 is 0.833 bits per heavy atom. The summed E-state index contributed by atoms with van der Waals surface area (Å²) < 4.78 is 27.7. The molecule has 1 N–H and O–H groups in total. The van der Waals surface area contributed by atoms with Gasteiger partial charge in [-0.05, 0) is 37.3 Å². The molecule has 0 saturated carbocycles. The fraction of sp³-hybridized carbons (Fsp3) is 0.261. The summed E-state index contributed by atoms with van der Waals surface area (Å²) in [4.78, 5) is 8.09. The zero-order valence-electron chi connectivity index (χ0n) is 17.1. The van der Waals surface area contributed by atoms with Gasteiger partial charge in [0.25, 0.3) is 15.8 Å². The third-order valence-corrected chi connectivity index (χ3v) is 7.33. The molecule has 0 unspecified atom stereocenters. The first kappa shape index (κ1) is 20.2. The molecular formula is C23H27N4O2S+. The number of rotatable bonds is 6. The summed E-state index contributed by atoms with van der Waals surface area (Å²) in [7, 11) is -3.62. The molecule has 2 heterocycles. The van der Waals surface area contributed by atoms with E-state index >= 15 is 0 Å². The van der Waals surface area contributed by atoms with Gasteiger partial charge in [0.15, 0.2) is 0 Å². The van der Waals surface area contributed by atoms with Gasteiger partial charge in [0.05, 0.1) is 18.8 Å². The lowest BCUT2D eigenvalue weighted by Crippen LogP contribution is -2.48. The van der Waals surface area contributed by atoms with Gasteiger partial charge in [-0.3, -0.25) is 9.21 Å². The third-order valence-electron chi connectivity index (χ3n) is 5.43. The number of benzene rings is 2. The number of H-pyrrole nitrogens is 1. The maximum Gasteiger partial charge on any atom is 0.274 e. The molecule has 0 radical (unpaired) electrons. The minimum atomic E-state index is -3.62. The number of anilines is 3. The largest absolute Gasteiger partial charge is 0.364 e. The number of sulfonamides is 1. The Bertz CT molecular complexity index is 1050. The molecule has 0 aliphatic carbocycles. The number of nitrogens with zero attached hydrogens (tertiary/aromatic N) is 3. The van der Waals surface area contributed by atoms with Crippen LogP contribution in [-0.4, -0.2) is 41.1 Å². The summed E-state index contributed by atoms with van der Waals surface area (Å²) in [5.41, 5.74) is 1.91. The summed E-state index contributed by atoms with van der Waals surface area (Å²) in [6, 6.07) is 23.2. The van der Waals surface area contributed by atoms with Crippen molar-refractivity contribution in [2.45, 2.75) is 11.8 Å². The van der Waals surface area contributed by atoms with Crippen LogP contribution in [0.15, 0.2) is 83.9 Å². The van der Waals surface area contributed by atoms with Gasteiger partial charge in [0, 0.05) is 18.3 Å². The Morgan fingerprint density at radius 3 is 2.00 bits per heavy atom. The summed E-state index contributed by atoms with van der Waals surface area (Å²) in [5.74, 6) is 0.935. The number of aromatic nitrogens is 1. The van der Waals surface area contributed by atoms with E-state index in [2.05, 4.69) is 39.0 Å². The summed E-state index contributed by atoms with van der Waals surface area (Å²) in [6.45, 7) is 5.82. The van der Waals surface area contributed by atoms with E-state index in [4.69, 9.17) is 0 Å². The van der Waals surface area contributed by atoms with Crippen LogP contribution in [0.3, 0.4) is 0 Å². The zero-order valence-corrected chi connectivity index (χ0v) is 17.9. The van der Waals surface area contributed by atoms with Crippen molar-refractivity contribution >= 4 is 27.2 Å². The van der Waals surface area contributed by atoms with Crippen molar-refractivity contribution < 1.29 is 13.4 Å². The van der Waals surface area contributed by atoms with Gasteiger partial charge in [0.1, 0.15) is 24.2 Å². The molecule has 0 atom stereocenters. The van der Waals surface area contributed by atoms with Crippen LogP contribution < -0.4 is 19.1 Å². The van der Waals surface area contributed by atoms with Crippen LogP contribution >= 0.6 is 0 Å². The highest BCUT2D eigenvalue weighted by Gasteiger charge is 2.27. The Labute approximate surface area is 178 Å². The monoisotopic (exact) mass is 423 g/mol. The average molecular weight is 424 g/mol. The maximum absolute atomic E-state index is 13.1. The molecule has 1 aliphatic rings. The molecule has 4 rings (SSSR count). The molecule has 0 amide bonds. The quantitative estimate of drug-likeness (QED) is 0.612. The lowest BCUT2D eigenvalue weighted by molar-refractivity contribution is -0.367. The van der Waals surface area contributed by atoms with Crippen LogP contribution in [0.4, 0.5) is 17.2 Å². The highest BCUT2D eigenvalue weighted by atomic mass is 32.2. The summed E-state index contributed by atoms with van der Waals surface area (Å²) in [5, 5.41) is 0. The van der Waals surface area contributed by atoms with Gasteiger partial charge in [-0.15, -0.1) is 0 Å². The number of para-hydroxylation sites is 2. The van der Waals surface area contributed by atoms with Crippen molar-refractivity contribution in [1.29, 1.82) is 0 Å². The number of pyridine rings is 1. The highest BCUT2D eigenvalue weighted by Crippen LogP contribution is 2.23. The number of aromatic amines is 1. The Kier molecular flexibility index (Phi) is 5.90. The molecule has 156 valence electrons. The van der Waals surface area contributed by atoms with Gasteiger partial charge in [0.2, 0.25) is 0 Å². The second kappa shape index (κ2) is 8.75. The minimum Gasteiger partial charge on any atom is -0.364 e. The van der Waals surface area contributed by atoms with Gasteiger partial charge in [-0.2, -0.15) is 0 Å². The van der Waals surface area contributed by atoms with E-state index < -0.39 is 10.0 Å². The Balaban J connectivity index is 1.46. The SMILES string of the molecule is CCN(c1ccccc1)S(=O)(=O)c1ccc(N2CCN(c3ccccc3)CC2)[nH+]c1. The molecule has 7 heteroatoms. The number of nitrogens with one attached hydrogen (secondary N) is 1. The molecule has 6 nitrogen and oxygen atoms in total. The molecule has 3 aromatic rings. The molecule has 1 aliphatic heterocycles. The van der Waals surface area contributed by atoms with E-state index in [0.29, 0.717) is 12.2 Å². The summed E-state index contributed by atoms with van der Waals surface area (Å²) in [6.07, 6.45) is 1.60. The molecule has 2 aromatic carbocycles. The van der Waals surface area contributed by atoms with E-state index in [1.807, 2.05) is 49.4 Å². The van der Waals surface area contributed by atoms with E-state index in [0.717, 1.165) is 32.0 Å². The lowest BCUT2D eigenvalue weighted by Gasteiger charge is -2.32. The first-order chi connectivity index (χ1) is 14.6. The fourth-order valence-corrected chi connectivity index (χ4v) is 5.26. The highest BCUT2D eigenvalue weighted by molar-refractivity contribution is 7.92. The maximum atomic E-state index is 13.1. The Hall–Kier alpha value is -3.06. The fourth-order valence-electron chi connectivity index (χ4n) is 3.82. The third kappa shape index (κ3) is 4.11. The normalized spacial score (nSPS) is 14.6. The van der Waals surface area contributed by atoms with Crippen LogP contribution in [0.5, 0.6) is 0 Å². The standard InChI is InChI=1S/C23H26N4O2S/c1-2-27(21-11-7-4-8-12-21)30(28,29)22-13-14-23(24-19-22)26-17-15-25(16-18-26)20-9-5-3-6-10-20/h3-14,19H,2,15-18H2,1H3/p+1. The molecule has 30 heavy (non-hydrogen) atoms. The number of hydrogen-bond acceptors (Lipinski definition) is 4. The smallest absolute Gasteiger partial charge is 0.274 e. The van der Waals surface area contributed by atoms with Crippen molar-refractivity contribution in [3.05, 3.63) is 79.0 Å². The van der Waals surface area contributed by atoms with Crippen molar-refractivity contribution in [2.75, 3.05) is 46.8 Å². The van der Waals surface area contributed by atoms with Crippen molar-refractivity contribution in [1.82, 2.24) is 0 Å². The second-order valence-corrected chi connectivity index (χ2v) is 9.09. The van der Waals surface area contributed by atoms with E-state index in [-0.39, 0.29) is 4.90 Å². The Morgan fingerprint density at radius 2 is 1.43 bits per heavy atom. The number of hydrogen-bond donors (Lipinski definition) is 0. The van der Waals surface area contributed by atoms with E-state index in [1.54, 1.807) is 12.3 Å². The van der Waals surface area contributed by atoms with Gasteiger partial charge < -0.3 is 4.90 Å². The van der Waals surface area contributed by atoms with E-state index in [1.165, 1.54) is 9.99 Å². The van der Waals surface area contributed by atoms with Gasteiger partial charge in [-0.1, -0.05) is 36.4 Å². The lowest BCUT2D eigenvalue weighted by atomic mass is 10.2. The van der Waals surface area contributed by atoms with Crippen molar-refractivity contribution in [3.63, 3.8) is 0 Å². The first-order valence-corrected chi connectivity index (χ1v) is 11.7. The van der Waals surface area contributed by atoms with Crippen LogP contribution in [0.25, 0.3) is 0 Å². The van der Waals surface area contributed by atoms with Crippen molar-refractivity contribution in [2.24, 2.45) is 0 Å². The molecular weight excluding hydrogens is 396 g/mol.